The molecule has 0 radical (unpaired) electrons. The second-order valence-corrected chi connectivity index (χ2v) is 8.09. The number of nitrogens with zero attached hydrogens (tertiary/aromatic N) is 1. The third-order valence-electron chi connectivity index (χ3n) is 5.49. The highest BCUT2D eigenvalue weighted by Crippen LogP contribution is 2.24. The third kappa shape index (κ3) is 6.08. The highest BCUT2D eigenvalue weighted by molar-refractivity contribution is 5.77. The lowest BCUT2D eigenvalue weighted by Gasteiger charge is -2.33. The van der Waals surface area contributed by atoms with E-state index in [1.165, 1.54) is 12.8 Å². The van der Waals surface area contributed by atoms with Crippen LogP contribution >= 0.6 is 0 Å². The third-order valence-corrected chi connectivity index (χ3v) is 5.49. The van der Waals surface area contributed by atoms with Crippen molar-refractivity contribution in [2.75, 3.05) is 26.2 Å². The monoisotopic (exact) mass is 337 g/mol. The van der Waals surface area contributed by atoms with Crippen LogP contribution in [0.4, 0.5) is 0 Å². The SMILES string of the molecule is CC(C)CC(=O)N1CCC(NC(=O)CC(C)C2CCNCC2)CC1. The molecule has 0 aromatic carbocycles. The van der Waals surface area contributed by atoms with Crippen LogP contribution in [0, 0.1) is 17.8 Å². The Hall–Kier alpha value is -1.10. The average Bonchev–Trinajstić information content (AvgIpc) is 2.55. The fraction of sp³-hybridized carbons (Fsp3) is 0.895. The number of carbonyl (C=O) groups is 2. The van der Waals surface area contributed by atoms with E-state index in [9.17, 15) is 9.59 Å². The molecule has 0 spiro atoms. The van der Waals surface area contributed by atoms with Gasteiger partial charge in [-0.1, -0.05) is 20.8 Å². The predicted octanol–water partition coefficient (Wildman–Crippen LogP) is 2.17. The summed E-state index contributed by atoms with van der Waals surface area (Å²) in [5.41, 5.74) is 0. The maximum absolute atomic E-state index is 12.3. The van der Waals surface area contributed by atoms with Gasteiger partial charge in [-0.25, -0.2) is 0 Å². The molecule has 0 bridgehead atoms. The van der Waals surface area contributed by atoms with E-state index in [-0.39, 0.29) is 17.9 Å². The minimum Gasteiger partial charge on any atom is -0.353 e. The van der Waals surface area contributed by atoms with E-state index in [4.69, 9.17) is 0 Å². The Bertz CT molecular complexity index is 411. The van der Waals surface area contributed by atoms with Crippen LogP contribution < -0.4 is 10.6 Å². The Kier molecular flexibility index (Phi) is 7.53. The number of rotatable bonds is 6. The lowest BCUT2D eigenvalue weighted by molar-refractivity contribution is -0.133. The molecule has 2 amide bonds. The summed E-state index contributed by atoms with van der Waals surface area (Å²) in [4.78, 5) is 26.4. The van der Waals surface area contributed by atoms with Crippen molar-refractivity contribution in [1.82, 2.24) is 15.5 Å². The van der Waals surface area contributed by atoms with Gasteiger partial charge in [0.15, 0.2) is 0 Å². The molecule has 5 heteroatoms. The molecule has 2 heterocycles. The zero-order valence-corrected chi connectivity index (χ0v) is 15.6. The van der Waals surface area contributed by atoms with E-state index in [2.05, 4.69) is 31.4 Å². The van der Waals surface area contributed by atoms with E-state index in [0.29, 0.717) is 30.6 Å². The Labute approximate surface area is 146 Å². The zero-order chi connectivity index (χ0) is 17.5. The summed E-state index contributed by atoms with van der Waals surface area (Å²) < 4.78 is 0. The van der Waals surface area contributed by atoms with Crippen LogP contribution in [-0.4, -0.2) is 48.9 Å². The van der Waals surface area contributed by atoms with Crippen LogP contribution in [0.2, 0.25) is 0 Å². The molecule has 2 aliphatic rings. The van der Waals surface area contributed by atoms with Crippen LogP contribution in [-0.2, 0) is 9.59 Å². The summed E-state index contributed by atoms with van der Waals surface area (Å²) in [6, 6.07) is 0.237. The van der Waals surface area contributed by atoms with Gasteiger partial charge in [-0.05, 0) is 56.5 Å². The molecule has 2 N–H and O–H groups in total. The van der Waals surface area contributed by atoms with Crippen molar-refractivity contribution in [2.24, 2.45) is 17.8 Å². The molecular formula is C19H35N3O2. The quantitative estimate of drug-likeness (QED) is 0.781. The molecule has 0 aromatic heterocycles. The standard InChI is InChI=1S/C19H35N3O2/c1-14(2)12-19(24)22-10-6-17(7-11-22)21-18(23)13-15(3)16-4-8-20-9-5-16/h14-17,20H,4-13H2,1-3H3,(H,21,23). The summed E-state index contributed by atoms with van der Waals surface area (Å²) in [5, 5.41) is 6.58. The molecule has 24 heavy (non-hydrogen) atoms. The Morgan fingerprint density at radius 1 is 1.04 bits per heavy atom. The van der Waals surface area contributed by atoms with E-state index in [0.717, 1.165) is 39.0 Å². The maximum atomic E-state index is 12.3. The Balaban J connectivity index is 1.67. The number of nitrogens with one attached hydrogen (secondary N) is 2. The van der Waals surface area contributed by atoms with Crippen LogP contribution in [0.5, 0.6) is 0 Å². The number of piperidine rings is 2. The number of likely N-dealkylation sites (tertiary alicyclic amines) is 1. The Morgan fingerprint density at radius 2 is 1.67 bits per heavy atom. The highest BCUT2D eigenvalue weighted by Gasteiger charge is 2.26. The highest BCUT2D eigenvalue weighted by atomic mass is 16.2. The normalized spacial score (nSPS) is 21.8. The number of hydrogen-bond donors (Lipinski definition) is 2. The second kappa shape index (κ2) is 9.40. The zero-order valence-electron chi connectivity index (χ0n) is 15.6. The van der Waals surface area contributed by atoms with E-state index < -0.39 is 0 Å². The van der Waals surface area contributed by atoms with Gasteiger partial charge in [0.25, 0.3) is 0 Å². The molecule has 0 aliphatic carbocycles. The average molecular weight is 338 g/mol. The molecule has 2 fully saturated rings. The topological polar surface area (TPSA) is 61.4 Å². The van der Waals surface area contributed by atoms with E-state index in [1.807, 2.05) is 4.90 Å². The first-order valence-corrected chi connectivity index (χ1v) is 9.73. The van der Waals surface area contributed by atoms with Crippen molar-refractivity contribution in [3.63, 3.8) is 0 Å². The number of hydrogen-bond acceptors (Lipinski definition) is 3. The first-order valence-electron chi connectivity index (χ1n) is 9.73. The van der Waals surface area contributed by atoms with Crippen LogP contribution in [0.25, 0.3) is 0 Å². The van der Waals surface area contributed by atoms with Crippen molar-refractivity contribution >= 4 is 11.8 Å². The molecule has 138 valence electrons. The molecular weight excluding hydrogens is 302 g/mol. The van der Waals surface area contributed by atoms with Crippen molar-refractivity contribution in [3.8, 4) is 0 Å². The van der Waals surface area contributed by atoms with Crippen LogP contribution in [0.3, 0.4) is 0 Å². The molecule has 0 aromatic rings. The summed E-state index contributed by atoms with van der Waals surface area (Å²) in [6.07, 6.45) is 5.41. The fourth-order valence-corrected chi connectivity index (χ4v) is 3.91. The van der Waals surface area contributed by atoms with Gasteiger partial charge in [-0.2, -0.15) is 0 Å². The molecule has 2 rings (SSSR count). The summed E-state index contributed by atoms with van der Waals surface area (Å²) >= 11 is 0. The van der Waals surface area contributed by atoms with Crippen molar-refractivity contribution in [3.05, 3.63) is 0 Å². The van der Waals surface area contributed by atoms with Crippen LogP contribution in [0.15, 0.2) is 0 Å². The van der Waals surface area contributed by atoms with Crippen molar-refractivity contribution < 1.29 is 9.59 Å². The molecule has 1 atom stereocenters. The Morgan fingerprint density at radius 3 is 2.25 bits per heavy atom. The molecule has 2 aliphatic heterocycles. The van der Waals surface area contributed by atoms with Gasteiger partial charge < -0.3 is 15.5 Å². The van der Waals surface area contributed by atoms with Gasteiger partial charge >= 0.3 is 0 Å². The van der Waals surface area contributed by atoms with Crippen molar-refractivity contribution in [1.29, 1.82) is 0 Å². The van der Waals surface area contributed by atoms with E-state index in [1.54, 1.807) is 0 Å². The summed E-state index contributed by atoms with van der Waals surface area (Å²) in [7, 11) is 0. The molecule has 5 nitrogen and oxygen atoms in total. The van der Waals surface area contributed by atoms with Crippen LogP contribution in [0.1, 0.15) is 59.3 Å². The smallest absolute Gasteiger partial charge is 0.222 e. The predicted molar refractivity (Wildman–Crippen MR) is 96.6 cm³/mol. The van der Waals surface area contributed by atoms with E-state index >= 15 is 0 Å². The maximum Gasteiger partial charge on any atom is 0.222 e. The van der Waals surface area contributed by atoms with Crippen molar-refractivity contribution in [2.45, 2.75) is 65.3 Å². The fourth-order valence-electron chi connectivity index (χ4n) is 3.91. The first-order chi connectivity index (χ1) is 11.5. The van der Waals surface area contributed by atoms with Gasteiger partial charge in [0, 0.05) is 32.0 Å². The second-order valence-electron chi connectivity index (χ2n) is 8.09. The molecule has 1 unspecified atom stereocenters. The van der Waals surface area contributed by atoms with Gasteiger partial charge in [-0.3, -0.25) is 9.59 Å². The lowest BCUT2D eigenvalue weighted by Crippen LogP contribution is -2.47. The van der Waals surface area contributed by atoms with Gasteiger partial charge in [0.1, 0.15) is 0 Å². The minimum atomic E-state index is 0.188. The largest absolute Gasteiger partial charge is 0.353 e. The van der Waals surface area contributed by atoms with Gasteiger partial charge in [0.05, 0.1) is 0 Å². The summed E-state index contributed by atoms with van der Waals surface area (Å²) in [6.45, 7) is 10.1. The van der Waals surface area contributed by atoms with Gasteiger partial charge in [0.2, 0.25) is 11.8 Å². The molecule has 0 saturated carbocycles. The van der Waals surface area contributed by atoms with Gasteiger partial charge in [-0.15, -0.1) is 0 Å². The first kappa shape index (κ1) is 19.2. The summed E-state index contributed by atoms with van der Waals surface area (Å²) in [5.74, 6) is 1.99. The number of carbonyl (C=O) groups excluding carboxylic acids is 2. The minimum absolute atomic E-state index is 0.188. The lowest BCUT2D eigenvalue weighted by atomic mass is 9.84. The number of amides is 2. The molecule has 2 saturated heterocycles.